The van der Waals surface area contributed by atoms with Crippen LogP contribution in [0, 0.1) is 0 Å². The standard InChI is InChI=1S/C16H37P.CH2O2/c1-5-9-13-17(14-10-6-2,15-11-7-3)16-12-8-4;2-1-3/h17H,5-16H2,1-4H3;1H,(H,2,3). The van der Waals surface area contributed by atoms with Gasteiger partial charge in [-0.1, -0.05) is 0 Å². The molecule has 0 aromatic carbocycles. The van der Waals surface area contributed by atoms with Crippen molar-refractivity contribution in [3.63, 3.8) is 0 Å². The van der Waals surface area contributed by atoms with Crippen LogP contribution in [0.5, 0.6) is 0 Å². The zero-order valence-electron chi connectivity index (χ0n) is 14.4. The fourth-order valence-corrected chi connectivity index (χ4v) is 8.87. The van der Waals surface area contributed by atoms with Gasteiger partial charge in [0.15, 0.2) is 0 Å². The quantitative estimate of drug-likeness (QED) is 0.374. The molecule has 0 amide bonds. The Morgan fingerprint density at radius 1 is 0.700 bits per heavy atom. The molecule has 0 aliphatic rings. The Balaban J connectivity index is 0. The predicted molar refractivity (Wildman–Crippen MR) is 96.1 cm³/mol. The van der Waals surface area contributed by atoms with Crippen molar-refractivity contribution >= 4 is 13.7 Å². The van der Waals surface area contributed by atoms with Crippen molar-refractivity contribution in [2.45, 2.75) is 79.1 Å². The van der Waals surface area contributed by atoms with E-state index in [1.54, 1.807) is 24.6 Å². The third-order valence-corrected chi connectivity index (χ3v) is 9.90. The SMILES string of the molecule is CCCC[PH](CCCC)(CCCC)CCCC.O=CO. The minimum absolute atomic E-state index is 0.250. The normalized spacial score (nSPS) is 11.6. The third-order valence-electron chi connectivity index (χ3n) is 4.24. The number of hydrogen-bond donors (Lipinski definition) is 1. The third kappa shape index (κ3) is 12.9. The van der Waals surface area contributed by atoms with Crippen molar-refractivity contribution in [1.29, 1.82) is 0 Å². The molecule has 0 atom stereocenters. The Hall–Kier alpha value is -0.100. The van der Waals surface area contributed by atoms with Crippen LogP contribution in [0.3, 0.4) is 0 Å². The summed E-state index contributed by atoms with van der Waals surface area (Å²) >= 11 is 0. The van der Waals surface area contributed by atoms with Crippen LogP contribution in [-0.4, -0.2) is 36.2 Å². The fourth-order valence-electron chi connectivity index (χ4n) is 2.96. The molecule has 0 aliphatic carbocycles. The predicted octanol–water partition coefficient (Wildman–Crippen LogP) is 5.64. The van der Waals surface area contributed by atoms with Gasteiger partial charge in [-0.25, -0.2) is 0 Å². The van der Waals surface area contributed by atoms with Crippen molar-refractivity contribution in [3.8, 4) is 0 Å². The Morgan fingerprint density at radius 2 is 0.900 bits per heavy atom. The maximum absolute atomic E-state index is 8.36. The number of hydrogen-bond acceptors (Lipinski definition) is 1. The second kappa shape index (κ2) is 17.0. The Labute approximate surface area is 128 Å². The van der Waals surface area contributed by atoms with Crippen LogP contribution in [0.2, 0.25) is 0 Å². The molecule has 0 unspecified atom stereocenters. The van der Waals surface area contributed by atoms with Crippen molar-refractivity contribution in [1.82, 2.24) is 0 Å². The van der Waals surface area contributed by atoms with E-state index in [-0.39, 0.29) is 6.47 Å². The average molecular weight is 306 g/mol. The van der Waals surface area contributed by atoms with Crippen molar-refractivity contribution in [2.75, 3.05) is 24.6 Å². The molecule has 0 bridgehead atoms. The molecule has 0 radical (unpaired) electrons. The van der Waals surface area contributed by atoms with E-state index in [2.05, 4.69) is 27.7 Å². The molecule has 0 aliphatic heterocycles. The van der Waals surface area contributed by atoms with Crippen LogP contribution in [0.15, 0.2) is 0 Å². The molecule has 20 heavy (non-hydrogen) atoms. The van der Waals surface area contributed by atoms with Crippen LogP contribution in [0.25, 0.3) is 0 Å². The summed E-state index contributed by atoms with van der Waals surface area (Å²) in [6, 6.07) is 0. The van der Waals surface area contributed by atoms with E-state index in [1.807, 2.05) is 0 Å². The largest absolute Gasteiger partial charge is 0.483 e. The molecule has 124 valence electrons. The molecule has 0 aromatic heterocycles. The van der Waals surface area contributed by atoms with Gasteiger partial charge in [-0.2, -0.15) is 0 Å². The van der Waals surface area contributed by atoms with Gasteiger partial charge in [0.2, 0.25) is 0 Å². The molecule has 2 nitrogen and oxygen atoms in total. The summed E-state index contributed by atoms with van der Waals surface area (Å²) in [5.74, 6) is 0. The van der Waals surface area contributed by atoms with E-state index in [1.165, 1.54) is 51.4 Å². The van der Waals surface area contributed by atoms with Gasteiger partial charge in [0.05, 0.1) is 0 Å². The van der Waals surface area contributed by atoms with Gasteiger partial charge in [0, 0.05) is 0 Å². The average Bonchev–Trinajstić information content (AvgIpc) is 2.46. The van der Waals surface area contributed by atoms with E-state index in [0.29, 0.717) is 0 Å². The van der Waals surface area contributed by atoms with Gasteiger partial charge in [0.1, 0.15) is 0 Å². The monoisotopic (exact) mass is 306 g/mol. The molecule has 0 saturated carbocycles. The second-order valence-corrected chi connectivity index (χ2v) is 11.0. The number of unbranched alkanes of at least 4 members (excludes halogenated alkanes) is 4. The van der Waals surface area contributed by atoms with Crippen molar-refractivity contribution in [3.05, 3.63) is 0 Å². The van der Waals surface area contributed by atoms with Gasteiger partial charge in [-0.15, -0.1) is 0 Å². The molecule has 0 saturated heterocycles. The van der Waals surface area contributed by atoms with E-state index in [9.17, 15) is 0 Å². The van der Waals surface area contributed by atoms with Gasteiger partial charge in [-0.3, -0.25) is 4.79 Å². The maximum atomic E-state index is 8.36. The minimum Gasteiger partial charge on any atom is -0.483 e. The first-order chi connectivity index (χ1) is 9.66. The zero-order valence-corrected chi connectivity index (χ0v) is 15.4. The molecule has 1 N–H and O–H groups in total. The van der Waals surface area contributed by atoms with E-state index >= 15 is 0 Å². The maximum Gasteiger partial charge on any atom is 0.290 e. The molecule has 0 aromatic rings. The summed E-state index contributed by atoms with van der Waals surface area (Å²) < 4.78 is 0. The summed E-state index contributed by atoms with van der Waals surface area (Å²) in [6.45, 7) is 9.19. The zero-order chi connectivity index (χ0) is 15.7. The molecular weight excluding hydrogens is 267 g/mol. The van der Waals surface area contributed by atoms with E-state index in [4.69, 9.17) is 9.90 Å². The van der Waals surface area contributed by atoms with Crippen LogP contribution in [0.1, 0.15) is 79.1 Å². The Morgan fingerprint density at radius 3 is 1.05 bits per heavy atom. The van der Waals surface area contributed by atoms with Crippen molar-refractivity contribution < 1.29 is 9.90 Å². The number of rotatable bonds is 12. The summed E-state index contributed by atoms with van der Waals surface area (Å²) in [5.41, 5.74) is 0. The van der Waals surface area contributed by atoms with Gasteiger partial charge in [-0.05, 0) is 0 Å². The van der Waals surface area contributed by atoms with Gasteiger partial charge >= 0.3 is 111 Å². The molecule has 0 heterocycles. The molecule has 0 rings (SSSR count). The minimum atomic E-state index is -0.879. The van der Waals surface area contributed by atoms with Crippen molar-refractivity contribution in [2.24, 2.45) is 0 Å². The summed E-state index contributed by atoms with van der Waals surface area (Å²) in [4.78, 5) is 8.36. The first-order valence-electron chi connectivity index (χ1n) is 8.74. The fraction of sp³-hybridized carbons (Fsp3) is 0.941. The van der Waals surface area contributed by atoms with Crippen LogP contribution >= 0.6 is 7.26 Å². The van der Waals surface area contributed by atoms with Crippen LogP contribution in [-0.2, 0) is 4.79 Å². The number of carboxylic acid groups (broad SMARTS) is 1. The van der Waals surface area contributed by atoms with Crippen LogP contribution < -0.4 is 0 Å². The van der Waals surface area contributed by atoms with Gasteiger partial charge in [0.25, 0.3) is 6.47 Å². The topological polar surface area (TPSA) is 37.3 Å². The first kappa shape index (κ1) is 22.2. The molecule has 0 fully saturated rings. The summed E-state index contributed by atoms with van der Waals surface area (Å²) in [6.07, 6.45) is 18.1. The van der Waals surface area contributed by atoms with E-state index in [0.717, 1.165) is 0 Å². The second-order valence-electron chi connectivity index (χ2n) is 6.02. The summed E-state index contributed by atoms with van der Waals surface area (Å²) in [7, 11) is -0.879. The first-order valence-corrected chi connectivity index (χ1v) is 11.6. The Bertz CT molecular complexity index is 158. The molecular formula is C17H39O2P. The van der Waals surface area contributed by atoms with Crippen LogP contribution in [0.4, 0.5) is 0 Å². The number of carbonyl (C=O) groups is 1. The molecule has 0 spiro atoms. The Kier molecular flexibility index (Phi) is 18.8. The van der Waals surface area contributed by atoms with Gasteiger partial charge < -0.3 is 5.11 Å². The smallest absolute Gasteiger partial charge is 0.290 e. The summed E-state index contributed by atoms with van der Waals surface area (Å²) in [5, 5.41) is 6.89. The van der Waals surface area contributed by atoms with E-state index < -0.39 is 7.26 Å². The molecule has 3 heteroatoms.